The lowest BCUT2D eigenvalue weighted by atomic mass is 9.90. The van der Waals surface area contributed by atoms with E-state index in [-0.39, 0.29) is 17.4 Å². The first-order valence-corrected chi connectivity index (χ1v) is 12.0. The van der Waals surface area contributed by atoms with Crippen LogP contribution in [0.2, 0.25) is 0 Å². The molecule has 2 aromatic carbocycles. The molecule has 0 radical (unpaired) electrons. The van der Waals surface area contributed by atoms with Gasteiger partial charge in [0.05, 0.1) is 24.2 Å². The van der Waals surface area contributed by atoms with E-state index in [1.165, 1.54) is 0 Å². The summed E-state index contributed by atoms with van der Waals surface area (Å²) in [6.07, 6.45) is -0.469. The second kappa shape index (κ2) is 12.3. The molecule has 0 bridgehead atoms. The van der Waals surface area contributed by atoms with Crippen molar-refractivity contribution < 1.29 is 14.6 Å². The number of amides is 1. The van der Waals surface area contributed by atoms with E-state index < -0.39 is 6.10 Å². The number of carbonyl (C=O) groups is 1. The molecule has 1 saturated heterocycles. The fourth-order valence-corrected chi connectivity index (χ4v) is 4.12. The van der Waals surface area contributed by atoms with Gasteiger partial charge in [0.25, 0.3) is 0 Å². The summed E-state index contributed by atoms with van der Waals surface area (Å²) in [6, 6.07) is 19.9. The maximum atomic E-state index is 13.1. The van der Waals surface area contributed by atoms with Crippen LogP contribution < -0.4 is 5.32 Å². The number of aliphatic hydroxyl groups excluding tert-OH is 1. The number of aliphatic hydroxyl groups is 1. The van der Waals surface area contributed by atoms with E-state index in [4.69, 9.17) is 4.74 Å². The second-order valence-electron chi connectivity index (χ2n) is 9.76. The minimum atomic E-state index is -0.469. The highest BCUT2D eigenvalue weighted by Crippen LogP contribution is 2.24. The Kier molecular flexibility index (Phi) is 9.44. The molecular weight excluding hydrogens is 414 g/mol. The van der Waals surface area contributed by atoms with Crippen molar-refractivity contribution >= 4 is 5.91 Å². The van der Waals surface area contributed by atoms with Crippen molar-refractivity contribution in [2.75, 3.05) is 52.4 Å². The number of ether oxygens (including phenoxy) is 1. The summed E-state index contributed by atoms with van der Waals surface area (Å²) in [5, 5.41) is 13.4. The Bertz CT molecular complexity index is 791. The Morgan fingerprint density at radius 1 is 0.939 bits per heavy atom. The van der Waals surface area contributed by atoms with Gasteiger partial charge >= 0.3 is 0 Å². The normalized spacial score (nSPS) is 16.6. The van der Waals surface area contributed by atoms with Gasteiger partial charge in [0, 0.05) is 45.8 Å². The van der Waals surface area contributed by atoms with Crippen LogP contribution in [0.5, 0.6) is 0 Å². The Morgan fingerprint density at radius 3 is 1.97 bits per heavy atom. The van der Waals surface area contributed by atoms with Crippen LogP contribution in [0.4, 0.5) is 0 Å². The molecule has 6 heteroatoms. The minimum Gasteiger partial charge on any atom is -0.389 e. The lowest BCUT2D eigenvalue weighted by molar-refractivity contribution is -0.121. The van der Waals surface area contributed by atoms with Crippen molar-refractivity contribution in [1.82, 2.24) is 15.1 Å². The monoisotopic (exact) mass is 453 g/mol. The molecule has 0 aromatic heterocycles. The third-order valence-electron chi connectivity index (χ3n) is 5.90. The molecule has 1 aliphatic heterocycles. The molecule has 2 aromatic rings. The van der Waals surface area contributed by atoms with Crippen molar-refractivity contribution in [3.63, 3.8) is 0 Å². The molecular formula is C27H39N3O3. The number of nitrogens with zero attached hydrogens (tertiary/aromatic N) is 2. The van der Waals surface area contributed by atoms with E-state index in [2.05, 4.69) is 15.1 Å². The van der Waals surface area contributed by atoms with E-state index in [0.29, 0.717) is 19.7 Å². The fraction of sp³-hybridized carbons (Fsp3) is 0.519. The van der Waals surface area contributed by atoms with E-state index in [9.17, 15) is 9.90 Å². The number of β-amino-alcohol motifs (C(OH)–C–C–N with tert-alkyl or cyclic N) is 1. The zero-order valence-corrected chi connectivity index (χ0v) is 20.2. The first-order valence-electron chi connectivity index (χ1n) is 12.0. The summed E-state index contributed by atoms with van der Waals surface area (Å²) in [6.45, 7) is 12.1. The van der Waals surface area contributed by atoms with Crippen molar-refractivity contribution in [2.24, 2.45) is 0 Å². The highest BCUT2D eigenvalue weighted by molar-refractivity contribution is 5.87. The Hall–Kier alpha value is -2.25. The molecule has 1 aliphatic rings. The summed E-state index contributed by atoms with van der Waals surface area (Å²) in [4.78, 5) is 17.8. The highest BCUT2D eigenvalue weighted by atomic mass is 16.5. The summed E-state index contributed by atoms with van der Waals surface area (Å²) in [5.74, 6) is -0.269. The van der Waals surface area contributed by atoms with E-state index in [1.807, 2.05) is 81.4 Å². The van der Waals surface area contributed by atoms with Crippen LogP contribution >= 0.6 is 0 Å². The van der Waals surface area contributed by atoms with Crippen molar-refractivity contribution in [3.05, 3.63) is 71.8 Å². The summed E-state index contributed by atoms with van der Waals surface area (Å²) >= 11 is 0. The van der Waals surface area contributed by atoms with Gasteiger partial charge in [0.15, 0.2) is 0 Å². The topological polar surface area (TPSA) is 65.0 Å². The van der Waals surface area contributed by atoms with E-state index in [0.717, 1.165) is 43.9 Å². The smallest absolute Gasteiger partial charge is 0.232 e. The number of piperazine rings is 1. The van der Waals surface area contributed by atoms with Crippen LogP contribution in [0.25, 0.3) is 0 Å². The molecule has 1 fully saturated rings. The number of rotatable bonds is 10. The first-order chi connectivity index (χ1) is 15.8. The van der Waals surface area contributed by atoms with Crippen molar-refractivity contribution in [2.45, 2.75) is 38.4 Å². The average molecular weight is 454 g/mol. The second-order valence-corrected chi connectivity index (χ2v) is 9.76. The molecule has 3 rings (SSSR count). The van der Waals surface area contributed by atoms with Gasteiger partial charge in [-0.2, -0.15) is 0 Å². The van der Waals surface area contributed by atoms with Gasteiger partial charge < -0.3 is 15.2 Å². The Labute approximate surface area is 198 Å². The third kappa shape index (κ3) is 8.55. The molecule has 180 valence electrons. The summed E-state index contributed by atoms with van der Waals surface area (Å²) in [5.41, 5.74) is 1.78. The molecule has 0 saturated carbocycles. The zero-order chi connectivity index (χ0) is 23.7. The maximum Gasteiger partial charge on any atom is 0.232 e. The lowest BCUT2D eigenvalue weighted by Crippen LogP contribution is -2.50. The van der Waals surface area contributed by atoms with Gasteiger partial charge in [0.1, 0.15) is 0 Å². The molecule has 1 heterocycles. The van der Waals surface area contributed by atoms with Crippen LogP contribution in [0.1, 0.15) is 37.8 Å². The molecule has 6 nitrogen and oxygen atoms in total. The predicted molar refractivity (Wildman–Crippen MR) is 132 cm³/mol. The third-order valence-corrected chi connectivity index (χ3v) is 5.90. The van der Waals surface area contributed by atoms with Crippen LogP contribution in [0.3, 0.4) is 0 Å². The van der Waals surface area contributed by atoms with Gasteiger partial charge in [-0.25, -0.2) is 0 Å². The van der Waals surface area contributed by atoms with Crippen LogP contribution in [-0.2, 0) is 9.53 Å². The van der Waals surface area contributed by atoms with Gasteiger partial charge in [-0.05, 0) is 31.9 Å². The first kappa shape index (κ1) is 25.4. The standard InChI is InChI=1S/C27H39N3O3/c1-27(2,3)33-21-24(31)20-30-18-16-29(17-19-30)15-14-28-26(32)25(22-10-6-4-7-11-22)23-12-8-5-9-13-23/h4-13,24-25,31H,14-21H2,1-3H3,(H,28,32). The van der Waals surface area contributed by atoms with Crippen LogP contribution in [0.15, 0.2) is 60.7 Å². The van der Waals surface area contributed by atoms with Crippen molar-refractivity contribution in [1.29, 1.82) is 0 Å². The highest BCUT2D eigenvalue weighted by Gasteiger charge is 2.23. The molecule has 1 unspecified atom stereocenters. The van der Waals surface area contributed by atoms with Gasteiger partial charge in [-0.1, -0.05) is 60.7 Å². The number of benzene rings is 2. The van der Waals surface area contributed by atoms with Crippen LogP contribution in [0, 0.1) is 0 Å². The fourth-order valence-electron chi connectivity index (χ4n) is 4.12. The molecule has 33 heavy (non-hydrogen) atoms. The summed E-state index contributed by atoms with van der Waals surface area (Å²) in [7, 11) is 0. The number of carbonyl (C=O) groups excluding carboxylic acids is 1. The number of hydrogen-bond donors (Lipinski definition) is 2. The van der Waals surface area contributed by atoms with Gasteiger partial charge in [-0.3, -0.25) is 14.6 Å². The lowest BCUT2D eigenvalue weighted by Gasteiger charge is -2.36. The SMILES string of the molecule is CC(C)(C)OCC(O)CN1CCN(CCNC(=O)C(c2ccccc2)c2ccccc2)CC1. The quantitative estimate of drug-likeness (QED) is 0.579. The molecule has 2 N–H and O–H groups in total. The van der Waals surface area contributed by atoms with Gasteiger partial charge in [-0.15, -0.1) is 0 Å². The number of nitrogens with one attached hydrogen (secondary N) is 1. The van der Waals surface area contributed by atoms with E-state index in [1.54, 1.807) is 0 Å². The molecule has 0 spiro atoms. The van der Waals surface area contributed by atoms with Crippen molar-refractivity contribution in [3.8, 4) is 0 Å². The minimum absolute atomic E-state index is 0.0352. The Morgan fingerprint density at radius 2 is 1.45 bits per heavy atom. The zero-order valence-electron chi connectivity index (χ0n) is 20.2. The van der Waals surface area contributed by atoms with Gasteiger partial charge in [0.2, 0.25) is 5.91 Å². The summed E-state index contributed by atoms with van der Waals surface area (Å²) < 4.78 is 5.69. The Balaban J connectivity index is 1.42. The number of hydrogen-bond acceptors (Lipinski definition) is 5. The average Bonchev–Trinajstić information content (AvgIpc) is 2.80. The molecule has 1 amide bonds. The predicted octanol–water partition coefficient (Wildman–Crippen LogP) is 2.73. The molecule has 0 aliphatic carbocycles. The largest absolute Gasteiger partial charge is 0.389 e. The van der Waals surface area contributed by atoms with Crippen LogP contribution in [-0.4, -0.2) is 84.9 Å². The van der Waals surface area contributed by atoms with E-state index >= 15 is 0 Å². The molecule has 1 atom stereocenters. The maximum absolute atomic E-state index is 13.1.